The molecule has 4 aromatic rings. The Morgan fingerprint density at radius 3 is 2.78 bits per heavy atom. The maximum atomic E-state index is 13.3. The van der Waals surface area contributed by atoms with Gasteiger partial charge in [-0.1, -0.05) is 40.8 Å². The van der Waals surface area contributed by atoms with Crippen LogP contribution in [0.2, 0.25) is 0 Å². The number of carbonyl (C=O) groups excluding carboxylic acids is 1. The minimum Gasteiger partial charge on any atom is -0.339 e. The summed E-state index contributed by atoms with van der Waals surface area (Å²) in [6.45, 7) is 5.41. The lowest BCUT2D eigenvalue weighted by molar-refractivity contribution is 0.0672. The first-order valence-electron chi connectivity index (χ1n) is 10.9. The molecule has 0 N–H and O–H groups in total. The van der Waals surface area contributed by atoms with Gasteiger partial charge in [-0.25, -0.2) is 4.98 Å². The minimum atomic E-state index is 0.0641. The molecule has 1 amide bonds. The van der Waals surface area contributed by atoms with Gasteiger partial charge in [0.15, 0.2) is 5.13 Å². The van der Waals surface area contributed by atoms with Gasteiger partial charge in [0.05, 0.1) is 5.69 Å². The molecule has 1 aromatic carbocycles. The normalized spacial score (nSPS) is 16.4. The second-order valence-corrected chi connectivity index (χ2v) is 9.27. The van der Waals surface area contributed by atoms with Gasteiger partial charge in [0.2, 0.25) is 11.7 Å². The van der Waals surface area contributed by atoms with Gasteiger partial charge in [-0.2, -0.15) is 4.98 Å². The van der Waals surface area contributed by atoms with Crippen molar-refractivity contribution < 1.29 is 9.32 Å². The van der Waals surface area contributed by atoms with E-state index in [4.69, 9.17) is 4.52 Å². The minimum absolute atomic E-state index is 0.0641. The third-order valence-corrected chi connectivity index (χ3v) is 7.09. The van der Waals surface area contributed by atoms with Gasteiger partial charge in [-0.05, 0) is 50.3 Å². The quantitative estimate of drug-likeness (QED) is 0.443. The molecule has 1 saturated heterocycles. The van der Waals surface area contributed by atoms with E-state index in [1.54, 1.807) is 0 Å². The lowest BCUT2D eigenvalue weighted by atomic mass is 9.94. The maximum absolute atomic E-state index is 13.3. The van der Waals surface area contributed by atoms with Crippen molar-refractivity contribution in [3.8, 4) is 16.5 Å². The molecule has 8 heteroatoms. The molecule has 4 heterocycles. The van der Waals surface area contributed by atoms with Crippen LogP contribution < -0.4 is 0 Å². The summed E-state index contributed by atoms with van der Waals surface area (Å²) in [4.78, 5) is 25.1. The number of carbonyl (C=O) groups is 1. The third kappa shape index (κ3) is 4.10. The van der Waals surface area contributed by atoms with Crippen molar-refractivity contribution >= 4 is 17.2 Å². The summed E-state index contributed by atoms with van der Waals surface area (Å²) < 4.78 is 7.49. The molecule has 0 spiro atoms. The van der Waals surface area contributed by atoms with Crippen LogP contribution in [0.1, 0.15) is 39.7 Å². The van der Waals surface area contributed by atoms with Crippen LogP contribution in [0.3, 0.4) is 0 Å². The van der Waals surface area contributed by atoms with Gasteiger partial charge >= 0.3 is 0 Å². The van der Waals surface area contributed by atoms with Crippen LogP contribution in [0.4, 0.5) is 0 Å². The average Bonchev–Trinajstić information content (AvgIpc) is 3.55. The number of aryl methyl sites for hydroxylation is 2. The Morgan fingerprint density at radius 1 is 1.16 bits per heavy atom. The van der Waals surface area contributed by atoms with Crippen molar-refractivity contribution in [3.63, 3.8) is 0 Å². The second-order valence-electron chi connectivity index (χ2n) is 8.29. The molecule has 1 aliphatic heterocycles. The van der Waals surface area contributed by atoms with Crippen LogP contribution in [-0.2, 0) is 6.42 Å². The summed E-state index contributed by atoms with van der Waals surface area (Å²) in [5.41, 5.74) is 2.89. The van der Waals surface area contributed by atoms with Crippen LogP contribution in [-0.4, -0.2) is 43.6 Å². The fourth-order valence-corrected chi connectivity index (χ4v) is 5.23. The van der Waals surface area contributed by atoms with Gasteiger partial charge in [0, 0.05) is 37.5 Å². The first-order valence-corrected chi connectivity index (χ1v) is 11.7. The van der Waals surface area contributed by atoms with E-state index in [-0.39, 0.29) is 5.91 Å². The predicted octanol–water partition coefficient (Wildman–Crippen LogP) is 4.70. The molecule has 0 bridgehead atoms. The summed E-state index contributed by atoms with van der Waals surface area (Å²) >= 11 is 1.45. The zero-order valence-electron chi connectivity index (χ0n) is 18.2. The molecular formula is C24H25N5O2S. The Morgan fingerprint density at radius 2 is 1.97 bits per heavy atom. The smallest absolute Gasteiger partial charge is 0.265 e. The first-order chi connectivity index (χ1) is 15.6. The molecule has 7 nitrogen and oxygen atoms in total. The highest BCUT2D eigenvalue weighted by Crippen LogP contribution is 2.27. The highest BCUT2D eigenvalue weighted by molar-refractivity contribution is 7.16. The Hall–Kier alpha value is -3.26. The molecule has 1 atom stereocenters. The number of hydrogen-bond acceptors (Lipinski definition) is 6. The van der Waals surface area contributed by atoms with Crippen LogP contribution in [0.15, 0.2) is 53.3 Å². The molecule has 164 valence electrons. The van der Waals surface area contributed by atoms with E-state index < -0.39 is 0 Å². The Labute approximate surface area is 190 Å². The van der Waals surface area contributed by atoms with Crippen molar-refractivity contribution in [1.29, 1.82) is 0 Å². The van der Waals surface area contributed by atoms with E-state index in [2.05, 4.69) is 15.1 Å². The fraction of sp³-hybridized carbons (Fsp3) is 0.333. The van der Waals surface area contributed by atoms with Gasteiger partial charge in [-0.3, -0.25) is 4.79 Å². The number of likely N-dealkylation sites (tertiary alicyclic amines) is 1. The average molecular weight is 448 g/mol. The largest absolute Gasteiger partial charge is 0.339 e. The van der Waals surface area contributed by atoms with E-state index in [9.17, 15) is 4.79 Å². The van der Waals surface area contributed by atoms with Crippen molar-refractivity contribution in [3.05, 3.63) is 70.8 Å². The van der Waals surface area contributed by atoms with Crippen LogP contribution >= 0.6 is 11.3 Å². The highest BCUT2D eigenvalue weighted by Gasteiger charge is 2.28. The summed E-state index contributed by atoms with van der Waals surface area (Å²) in [6.07, 6.45) is 6.58. The molecule has 3 aromatic heterocycles. The summed E-state index contributed by atoms with van der Waals surface area (Å²) in [5, 5.41) is 5.00. The highest BCUT2D eigenvalue weighted by atomic mass is 32.1. The molecule has 5 rings (SSSR count). The Balaban J connectivity index is 1.27. The number of hydrogen-bond donors (Lipinski definition) is 0. The first kappa shape index (κ1) is 20.6. The zero-order chi connectivity index (χ0) is 22.1. The van der Waals surface area contributed by atoms with E-state index in [1.165, 1.54) is 11.3 Å². The topological polar surface area (TPSA) is 77.0 Å². The van der Waals surface area contributed by atoms with Crippen molar-refractivity contribution in [2.24, 2.45) is 5.92 Å². The molecule has 1 fully saturated rings. The summed E-state index contributed by atoms with van der Waals surface area (Å²) in [6, 6.07) is 11.9. The molecular weight excluding hydrogens is 422 g/mol. The van der Waals surface area contributed by atoms with E-state index in [0.717, 1.165) is 41.3 Å². The fourth-order valence-electron chi connectivity index (χ4n) is 4.23. The molecule has 0 unspecified atom stereocenters. The van der Waals surface area contributed by atoms with Gasteiger partial charge in [0.25, 0.3) is 5.91 Å². The third-order valence-electron chi connectivity index (χ3n) is 5.93. The lowest BCUT2D eigenvalue weighted by Crippen LogP contribution is -2.40. The molecule has 0 radical (unpaired) electrons. The van der Waals surface area contributed by atoms with E-state index in [1.807, 2.05) is 72.1 Å². The number of thiazole rings is 1. The SMILES string of the molecule is Cc1ccccc1-c1noc(C[C@@H]2CCCN(C(=O)c3sc(-n4cccc4)nc3C)C2)n1. The number of amides is 1. The number of aromatic nitrogens is 4. The zero-order valence-corrected chi connectivity index (χ0v) is 19.0. The molecule has 32 heavy (non-hydrogen) atoms. The van der Waals surface area contributed by atoms with Crippen molar-refractivity contribution in [2.45, 2.75) is 33.1 Å². The van der Waals surface area contributed by atoms with Crippen molar-refractivity contribution in [1.82, 2.24) is 24.6 Å². The molecule has 1 aliphatic rings. The van der Waals surface area contributed by atoms with Crippen molar-refractivity contribution in [2.75, 3.05) is 13.1 Å². The standard InChI is InChI=1S/C24H25N5O2S/c1-16-8-3-4-10-19(16)22-26-20(31-27-22)14-18-9-7-13-29(15-18)23(30)21-17(2)25-24(32-21)28-11-5-6-12-28/h3-6,8,10-12,18H,7,9,13-15H2,1-2H3/t18-/m0/s1. The van der Waals surface area contributed by atoms with Crippen LogP contribution in [0.25, 0.3) is 16.5 Å². The van der Waals surface area contributed by atoms with Crippen LogP contribution in [0.5, 0.6) is 0 Å². The van der Waals surface area contributed by atoms with Gasteiger partial charge in [-0.15, -0.1) is 0 Å². The number of rotatable bonds is 5. The second kappa shape index (κ2) is 8.70. The Bertz CT molecular complexity index is 1230. The number of benzene rings is 1. The molecule has 0 saturated carbocycles. The lowest BCUT2D eigenvalue weighted by Gasteiger charge is -2.32. The number of piperidine rings is 1. The molecule has 0 aliphatic carbocycles. The van der Waals surface area contributed by atoms with Gasteiger partial charge < -0.3 is 14.0 Å². The van der Waals surface area contributed by atoms with E-state index in [0.29, 0.717) is 35.5 Å². The Kier molecular flexibility index (Phi) is 5.61. The van der Waals surface area contributed by atoms with E-state index >= 15 is 0 Å². The predicted molar refractivity (Wildman–Crippen MR) is 123 cm³/mol. The maximum Gasteiger partial charge on any atom is 0.265 e. The summed E-state index contributed by atoms with van der Waals surface area (Å²) in [7, 11) is 0. The van der Waals surface area contributed by atoms with Crippen LogP contribution in [0, 0.1) is 19.8 Å². The van der Waals surface area contributed by atoms with Gasteiger partial charge in [0.1, 0.15) is 4.88 Å². The number of nitrogens with zero attached hydrogens (tertiary/aromatic N) is 5. The summed E-state index contributed by atoms with van der Waals surface area (Å²) in [5.74, 6) is 1.62. The monoisotopic (exact) mass is 447 g/mol.